The number of hydrogen-bond acceptors (Lipinski definition) is 3. The normalized spacial score (nSPS) is 33.5. The first kappa shape index (κ1) is 11.9. The van der Waals surface area contributed by atoms with Crippen LogP contribution >= 0.6 is 0 Å². The summed E-state index contributed by atoms with van der Waals surface area (Å²) in [5.74, 6) is 1.70. The van der Waals surface area contributed by atoms with Gasteiger partial charge in [0.05, 0.1) is 6.07 Å². The largest absolute Gasteiger partial charge is 0.312 e. The Labute approximate surface area is 98.8 Å². The quantitative estimate of drug-likeness (QED) is 0.717. The van der Waals surface area contributed by atoms with Crippen molar-refractivity contribution in [3.8, 4) is 6.07 Å². The lowest BCUT2D eigenvalue weighted by molar-refractivity contribution is 0.128. The van der Waals surface area contributed by atoms with Gasteiger partial charge in [-0.3, -0.25) is 4.90 Å². The highest BCUT2D eigenvalue weighted by atomic mass is 15.3. The molecule has 0 spiro atoms. The third kappa shape index (κ3) is 2.09. The topological polar surface area (TPSA) is 39.1 Å². The Kier molecular flexibility index (Phi) is 3.23. The number of nitriles is 1. The second kappa shape index (κ2) is 4.35. The number of likely N-dealkylation sites (tertiary alicyclic amines) is 1. The highest BCUT2D eigenvalue weighted by Gasteiger charge is 2.56. The summed E-state index contributed by atoms with van der Waals surface area (Å²) in [6, 6.07) is 2.89. The molecule has 1 saturated carbocycles. The molecule has 0 radical (unpaired) electrons. The number of rotatable bonds is 5. The highest BCUT2D eigenvalue weighted by molar-refractivity contribution is 5.12. The number of piperidine rings is 1. The van der Waals surface area contributed by atoms with Crippen LogP contribution in [0, 0.1) is 23.2 Å². The third-order valence-corrected chi connectivity index (χ3v) is 4.53. The second-order valence-corrected chi connectivity index (χ2v) is 5.79. The van der Waals surface area contributed by atoms with Gasteiger partial charge in [-0.2, -0.15) is 5.26 Å². The lowest BCUT2D eigenvalue weighted by atomic mass is 9.99. The minimum absolute atomic E-state index is 0.366. The van der Waals surface area contributed by atoms with E-state index in [4.69, 9.17) is 5.26 Å². The monoisotopic (exact) mass is 221 g/mol. The van der Waals surface area contributed by atoms with E-state index >= 15 is 0 Å². The number of fused-ring (bicyclic) bond motifs is 1. The smallest absolute Gasteiger partial charge is 0.0635 e. The molecule has 2 fully saturated rings. The minimum atomic E-state index is 0.366. The molecule has 2 atom stereocenters. The van der Waals surface area contributed by atoms with E-state index in [1.165, 1.54) is 19.5 Å². The van der Waals surface area contributed by atoms with Crippen LogP contribution in [-0.2, 0) is 0 Å². The second-order valence-electron chi connectivity index (χ2n) is 5.79. The average Bonchev–Trinajstić information content (AvgIpc) is 2.74. The fraction of sp³-hybridized carbons (Fsp3) is 0.923. The van der Waals surface area contributed by atoms with E-state index in [0.717, 1.165) is 18.4 Å². The standard InChI is InChI=1S/C13H23N3/c1-4-13(2,3)16-8-10-11(9-16)12(10)15-7-5-6-14/h10-12,15H,4-5,7-9H2,1-3H3. The van der Waals surface area contributed by atoms with Crippen molar-refractivity contribution < 1.29 is 0 Å². The van der Waals surface area contributed by atoms with Crippen LogP contribution in [0.5, 0.6) is 0 Å². The van der Waals surface area contributed by atoms with Gasteiger partial charge < -0.3 is 5.32 Å². The molecule has 16 heavy (non-hydrogen) atoms. The van der Waals surface area contributed by atoms with Gasteiger partial charge >= 0.3 is 0 Å². The van der Waals surface area contributed by atoms with Crippen LogP contribution in [0.1, 0.15) is 33.6 Å². The van der Waals surface area contributed by atoms with Crippen LogP contribution in [0.4, 0.5) is 0 Å². The van der Waals surface area contributed by atoms with Crippen molar-refractivity contribution in [1.29, 1.82) is 5.26 Å². The summed E-state index contributed by atoms with van der Waals surface area (Å²) in [6.45, 7) is 10.3. The zero-order valence-electron chi connectivity index (χ0n) is 10.7. The van der Waals surface area contributed by atoms with Gasteiger partial charge in [0.15, 0.2) is 0 Å². The molecule has 1 N–H and O–H groups in total. The van der Waals surface area contributed by atoms with E-state index in [-0.39, 0.29) is 0 Å². The zero-order valence-corrected chi connectivity index (χ0v) is 10.7. The van der Waals surface area contributed by atoms with E-state index in [2.05, 4.69) is 37.1 Å². The fourth-order valence-electron chi connectivity index (χ4n) is 2.84. The summed E-state index contributed by atoms with van der Waals surface area (Å²) in [7, 11) is 0. The van der Waals surface area contributed by atoms with Gasteiger partial charge in [-0.1, -0.05) is 6.92 Å². The zero-order chi connectivity index (χ0) is 11.8. The molecule has 1 aliphatic carbocycles. The van der Waals surface area contributed by atoms with E-state index in [0.29, 0.717) is 18.0 Å². The minimum Gasteiger partial charge on any atom is -0.312 e. The van der Waals surface area contributed by atoms with Crippen molar-refractivity contribution in [2.75, 3.05) is 19.6 Å². The highest BCUT2D eigenvalue weighted by Crippen LogP contribution is 2.47. The summed E-state index contributed by atoms with van der Waals surface area (Å²) >= 11 is 0. The number of nitrogens with zero attached hydrogens (tertiary/aromatic N) is 2. The van der Waals surface area contributed by atoms with Crippen molar-refractivity contribution in [2.24, 2.45) is 11.8 Å². The van der Waals surface area contributed by atoms with E-state index in [1.54, 1.807) is 0 Å². The lowest BCUT2D eigenvalue weighted by Gasteiger charge is -2.36. The molecule has 1 heterocycles. The molecule has 1 saturated heterocycles. The molecule has 0 bridgehead atoms. The van der Waals surface area contributed by atoms with Crippen LogP contribution in [-0.4, -0.2) is 36.1 Å². The number of nitrogens with one attached hydrogen (secondary N) is 1. The molecule has 0 aromatic carbocycles. The number of hydrogen-bond donors (Lipinski definition) is 1. The summed E-state index contributed by atoms with van der Waals surface area (Å²) in [5, 5.41) is 12.0. The Hall–Kier alpha value is -0.590. The Bertz CT molecular complexity index is 280. The maximum atomic E-state index is 8.48. The molecular formula is C13H23N3. The summed E-state index contributed by atoms with van der Waals surface area (Å²) in [5.41, 5.74) is 0.366. The summed E-state index contributed by atoms with van der Waals surface area (Å²) < 4.78 is 0. The molecule has 2 unspecified atom stereocenters. The Morgan fingerprint density at radius 2 is 2.00 bits per heavy atom. The van der Waals surface area contributed by atoms with Crippen molar-refractivity contribution in [3.63, 3.8) is 0 Å². The third-order valence-electron chi connectivity index (χ3n) is 4.53. The van der Waals surface area contributed by atoms with Crippen molar-refractivity contribution in [3.05, 3.63) is 0 Å². The van der Waals surface area contributed by atoms with E-state index < -0.39 is 0 Å². The first-order valence-corrected chi connectivity index (χ1v) is 6.45. The van der Waals surface area contributed by atoms with Crippen LogP contribution in [0.15, 0.2) is 0 Å². The molecule has 0 aromatic heterocycles. The van der Waals surface area contributed by atoms with Gasteiger partial charge in [0.25, 0.3) is 0 Å². The van der Waals surface area contributed by atoms with Gasteiger partial charge in [-0.25, -0.2) is 0 Å². The first-order valence-electron chi connectivity index (χ1n) is 6.45. The lowest BCUT2D eigenvalue weighted by Crippen LogP contribution is -2.45. The van der Waals surface area contributed by atoms with Gasteiger partial charge in [0, 0.05) is 37.6 Å². The maximum Gasteiger partial charge on any atom is 0.0635 e. The molecule has 1 aliphatic heterocycles. The Morgan fingerprint density at radius 3 is 2.50 bits per heavy atom. The molecule has 3 nitrogen and oxygen atoms in total. The molecule has 2 rings (SSSR count). The molecule has 3 heteroatoms. The Morgan fingerprint density at radius 1 is 1.38 bits per heavy atom. The van der Waals surface area contributed by atoms with Crippen LogP contribution in [0.25, 0.3) is 0 Å². The van der Waals surface area contributed by atoms with Gasteiger partial charge in [0.2, 0.25) is 0 Å². The maximum absolute atomic E-state index is 8.48. The van der Waals surface area contributed by atoms with Crippen molar-refractivity contribution in [2.45, 2.75) is 45.2 Å². The van der Waals surface area contributed by atoms with Gasteiger partial charge in [-0.05, 0) is 32.1 Å². The SMILES string of the molecule is CCC(C)(C)N1CC2C(C1)C2NCCC#N. The fourth-order valence-corrected chi connectivity index (χ4v) is 2.84. The first-order chi connectivity index (χ1) is 7.60. The molecule has 90 valence electrons. The molecule has 0 amide bonds. The van der Waals surface area contributed by atoms with E-state index in [1.807, 2.05) is 0 Å². The summed E-state index contributed by atoms with van der Waals surface area (Å²) in [6.07, 6.45) is 1.86. The van der Waals surface area contributed by atoms with Crippen molar-refractivity contribution in [1.82, 2.24) is 10.2 Å². The summed E-state index contributed by atoms with van der Waals surface area (Å²) in [4.78, 5) is 2.63. The van der Waals surface area contributed by atoms with Crippen molar-refractivity contribution >= 4 is 0 Å². The average molecular weight is 221 g/mol. The Balaban J connectivity index is 1.74. The predicted molar refractivity (Wildman–Crippen MR) is 64.9 cm³/mol. The van der Waals surface area contributed by atoms with Gasteiger partial charge in [0.1, 0.15) is 0 Å². The molecule has 0 aromatic rings. The van der Waals surface area contributed by atoms with E-state index in [9.17, 15) is 0 Å². The van der Waals surface area contributed by atoms with Crippen LogP contribution < -0.4 is 5.32 Å². The predicted octanol–water partition coefficient (Wildman–Crippen LogP) is 1.61. The van der Waals surface area contributed by atoms with Gasteiger partial charge in [-0.15, -0.1) is 0 Å². The van der Waals surface area contributed by atoms with Crippen LogP contribution in [0.3, 0.4) is 0 Å². The molecule has 2 aliphatic rings. The van der Waals surface area contributed by atoms with Crippen LogP contribution in [0.2, 0.25) is 0 Å². The molecular weight excluding hydrogens is 198 g/mol.